The highest BCUT2D eigenvalue weighted by atomic mass is 32.1. The lowest BCUT2D eigenvalue weighted by Crippen LogP contribution is -2.33. The number of benzene rings is 2. The molecule has 1 aliphatic heterocycles. The molecule has 5 rings (SSSR count). The second kappa shape index (κ2) is 10.8. The highest BCUT2D eigenvalue weighted by Gasteiger charge is 2.41. The van der Waals surface area contributed by atoms with Crippen LogP contribution in [0.5, 0.6) is 5.75 Å². The summed E-state index contributed by atoms with van der Waals surface area (Å²) in [5.74, 6) is 0.514. The summed E-state index contributed by atoms with van der Waals surface area (Å²) < 4.78 is 7.55. The number of carbonyl (C=O) groups is 1. The molecule has 2 aromatic heterocycles. The van der Waals surface area contributed by atoms with E-state index in [2.05, 4.69) is 68.5 Å². The third-order valence-corrected chi connectivity index (χ3v) is 6.87. The van der Waals surface area contributed by atoms with Crippen LogP contribution in [0.25, 0.3) is 5.69 Å². The summed E-state index contributed by atoms with van der Waals surface area (Å²) in [7, 11) is 1.59. The van der Waals surface area contributed by atoms with Gasteiger partial charge in [-0.05, 0) is 73.2 Å². The third kappa shape index (κ3) is 5.20. The predicted molar refractivity (Wildman–Crippen MR) is 149 cm³/mol. The van der Waals surface area contributed by atoms with E-state index in [1.165, 1.54) is 5.56 Å². The van der Waals surface area contributed by atoms with Gasteiger partial charge >= 0.3 is 0 Å². The van der Waals surface area contributed by atoms with Gasteiger partial charge in [-0.2, -0.15) is 0 Å². The first-order valence-electron chi connectivity index (χ1n) is 12.2. The Morgan fingerprint density at radius 1 is 1.08 bits per heavy atom. The maximum atomic E-state index is 12.9. The normalized spacial score (nSPS) is 16.9. The number of hydrogen-bond donors (Lipinski definition) is 2. The van der Waals surface area contributed by atoms with Crippen LogP contribution in [-0.4, -0.2) is 39.1 Å². The minimum atomic E-state index is -0.163. The zero-order valence-corrected chi connectivity index (χ0v) is 21.6. The summed E-state index contributed by atoms with van der Waals surface area (Å²) in [4.78, 5) is 19.7. The Morgan fingerprint density at radius 3 is 2.70 bits per heavy atom. The monoisotopic (exact) mass is 511 g/mol. The van der Waals surface area contributed by atoms with E-state index in [0.717, 1.165) is 17.1 Å². The lowest BCUT2D eigenvalue weighted by molar-refractivity contribution is -0.116. The molecule has 0 radical (unpaired) electrons. The molecule has 3 heterocycles. The van der Waals surface area contributed by atoms with Gasteiger partial charge in [0.05, 0.1) is 30.6 Å². The number of hydrogen-bond acceptors (Lipinski definition) is 4. The van der Waals surface area contributed by atoms with E-state index in [1.54, 1.807) is 13.3 Å². The van der Waals surface area contributed by atoms with Crippen molar-refractivity contribution >= 4 is 28.9 Å². The summed E-state index contributed by atoms with van der Waals surface area (Å²) in [5.41, 5.74) is 4.87. The lowest BCUT2D eigenvalue weighted by atomic mass is 10.0. The number of aryl methyl sites for hydroxylation is 1. The van der Waals surface area contributed by atoms with Crippen molar-refractivity contribution in [2.75, 3.05) is 19.0 Å². The molecule has 4 aromatic rings. The van der Waals surface area contributed by atoms with E-state index in [9.17, 15) is 4.79 Å². The predicted octanol–water partition coefficient (Wildman–Crippen LogP) is 5.19. The standard InChI is InChI=1S/C29H29N5O2S/c1-20-9-7-10-21(19-20)33-17-8-13-24(33)28-27(23-12-5-6-16-30-23)32-29(37)34(28)18-15-26(35)31-22-11-3-4-14-25(22)36-2/h3-14,16-17,19,27-28H,15,18H2,1-2H3,(H,31,35)(H,32,37). The van der Waals surface area contributed by atoms with Crippen molar-refractivity contribution in [2.24, 2.45) is 0 Å². The van der Waals surface area contributed by atoms with Crippen LogP contribution in [-0.2, 0) is 4.79 Å². The summed E-state index contributed by atoms with van der Waals surface area (Å²) in [5, 5.41) is 7.03. The molecule has 8 heteroatoms. The first-order chi connectivity index (χ1) is 18.0. The first-order valence-corrected chi connectivity index (χ1v) is 12.6. The number of nitrogens with one attached hydrogen (secondary N) is 2. The second-order valence-electron chi connectivity index (χ2n) is 8.96. The number of rotatable bonds is 8. The number of carbonyl (C=O) groups excluding carboxylic acids is 1. The molecular weight excluding hydrogens is 482 g/mol. The number of aromatic nitrogens is 2. The molecule has 2 aromatic carbocycles. The Labute approximate surface area is 222 Å². The van der Waals surface area contributed by atoms with Crippen LogP contribution in [0.15, 0.2) is 91.3 Å². The molecule has 1 saturated heterocycles. The van der Waals surface area contributed by atoms with E-state index in [-0.39, 0.29) is 24.4 Å². The van der Waals surface area contributed by atoms with Gasteiger partial charge in [0.1, 0.15) is 5.75 Å². The zero-order valence-electron chi connectivity index (χ0n) is 20.8. The molecule has 2 N–H and O–H groups in total. The first kappa shape index (κ1) is 24.5. The molecule has 1 amide bonds. The van der Waals surface area contributed by atoms with Crippen LogP contribution in [0, 0.1) is 6.92 Å². The minimum Gasteiger partial charge on any atom is -0.495 e. The molecular formula is C29H29N5O2S. The van der Waals surface area contributed by atoms with Gasteiger partial charge in [0.2, 0.25) is 5.91 Å². The lowest BCUT2D eigenvalue weighted by Gasteiger charge is -2.29. The largest absolute Gasteiger partial charge is 0.495 e. The Hall–Kier alpha value is -4.17. The minimum absolute atomic E-state index is 0.110. The topological polar surface area (TPSA) is 71.4 Å². The van der Waals surface area contributed by atoms with Gasteiger partial charge in [-0.3, -0.25) is 9.78 Å². The second-order valence-corrected chi connectivity index (χ2v) is 9.35. The molecule has 2 atom stereocenters. The quantitative estimate of drug-likeness (QED) is 0.317. The average Bonchev–Trinajstić information content (AvgIpc) is 3.52. The van der Waals surface area contributed by atoms with Gasteiger partial charge in [-0.25, -0.2) is 0 Å². The molecule has 0 saturated carbocycles. The number of amides is 1. The van der Waals surface area contributed by atoms with Crippen LogP contribution in [0.3, 0.4) is 0 Å². The van der Waals surface area contributed by atoms with Crippen LogP contribution in [0.4, 0.5) is 5.69 Å². The van der Waals surface area contributed by atoms with Crippen LogP contribution >= 0.6 is 12.2 Å². The fraction of sp³-hybridized carbons (Fsp3) is 0.207. The summed E-state index contributed by atoms with van der Waals surface area (Å²) in [6, 6.07) is 25.5. The third-order valence-electron chi connectivity index (χ3n) is 6.52. The maximum absolute atomic E-state index is 12.9. The fourth-order valence-electron chi connectivity index (χ4n) is 4.80. The number of para-hydroxylation sites is 2. The van der Waals surface area contributed by atoms with Crippen LogP contribution in [0.2, 0.25) is 0 Å². The van der Waals surface area contributed by atoms with E-state index in [0.29, 0.717) is 23.1 Å². The molecule has 1 aliphatic rings. The Kier molecular flexibility index (Phi) is 7.18. The highest BCUT2D eigenvalue weighted by molar-refractivity contribution is 7.80. The highest BCUT2D eigenvalue weighted by Crippen LogP contribution is 2.39. The number of nitrogens with zero attached hydrogens (tertiary/aromatic N) is 3. The van der Waals surface area contributed by atoms with E-state index >= 15 is 0 Å². The SMILES string of the molecule is COc1ccccc1NC(=O)CCN1C(=S)NC(c2ccccn2)C1c1cccn1-c1cccc(C)c1. The fourth-order valence-corrected chi connectivity index (χ4v) is 5.13. The smallest absolute Gasteiger partial charge is 0.226 e. The Morgan fingerprint density at radius 2 is 1.92 bits per heavy atom. The Bertz CT molecular complexity index is 1400. The van der Waals surface area contributed by atoms with Crippen molar-refractivity contribution in [2.45, 2.75) is 25.4 Å². The molecule has 37 heavy (non-hydrogen) atoms. The van der Waals surface area contributed by atoms with E-state index in [4.69, 9.17) is 17.0 Å². The number of anilines is 1. The molecule has 0 aliphatic carbocycles. The summed E-state index contributed by atoms with van der Waals surface area (Å²) in [6.45, 7) is 2.53. The molecule has 188 valence electrons. The number of ether oxygens (including phenoxy) is 1. The summed E-state index contributed by atoms with van der Waals surface area (Å²) in [6.07, 6.45) is 4.12. The van der Waals surface area contributed by atoms with E-state index < -0.39 is 0 Å². The van der Waals surface area contributed by atoms with Crippen molar-refractivity contribution in [1.82, 2.24) is 19.8 Å². The Balaban J connectivity index is 1.44. The van der Waals surface area contributed by atoms with Gasteiger partial charge in [-0.1, -0.05) is 30.3 Å². The summed E-state index contributed by atoms with van der Waals surface area (Å²) >= 11 is 5.80. The molecule has 7 nitrogen and oxygen atoms in total. The zero-order chi connectivity index (χ0) is 25.8. The number of methoxy groups -OCH3 is 1. The molecule has 0 bridgehead atoms. The van der Waals surface area contributed by atoms with Crippen molar-refractivity contribution in [1.29, 1.82) is 0 Å². The van der Waals surface area contributed by atoms with Crippen molar-refractivity contribution in [3.05, 3.63) is 108 Å². The maximum Gasteiger partial charge on any atom is 0.226 e. The van der Waals surface area contributed by atoms with Gasteiger partial charge in [-0.15, -0.1) is 0 Å². The number of thiocarbonyl (C=S) groups is 1. The van der Waals surface area contributed by atoms with Gasteiger partial charge in [0.25, 0.3) is 0 Å². The molecule has 0 spiro atoms. The van der Waals surface area contributed by atoms with Gasteiger partial charge in [0, 0.05) is 36.7 Å². The number of pyridine rings is 1. The van der Waals surface area contributed by atoms with Crippen molar-refractivity contribution in [3.8, 4) is 11.4 Å². The average molecular weight is 512 g/mol. The van der Waals surface area contributed by atoms with Crippen LogP contribution < -0.4 is 15.4 Å². The van der Waals surface area contributed by atoms with E-state index in [1.807, 2.05) is 48.5 Å². The molecule has 2 unspecified atom stereocenters. The van der Waals surface area contributed by atoms with Gasteiger partial charge < -0.3 is 24.8 Å². The molecule has 1 fully saturated rings. The van der Waals surface area contributed by atoms with Crippen molar-refractivity contribution in [3.63, 3.8) is 0 Å². The van der Waals surface area contributed by atoms with Crippen LogP contribution in [0.1, 0.15) is 35.5 Å². The van der Waals surface area contributed by atoms with Gasteiger partial charge in [0.15, 0.2) is 5.11 Å². The van der Waals surface area contributed by atoms with Crippen molar-refractivity contribution < 1.29 is 9.53 Å².